The van der Waals surface area contributed by atoms with Gasteiger partial charge in [-0.2, -0.15) is 0 Å². The van der Waals surface area contributed by atoms with Crippen molar-refractivity contribution in [3.8, 4) is 23.0 Å². The molecule has 4 N–H and O–H groups in total. The van der Waals surface area contributed by atoms with Gasteiger partial charge < -0.3 is 20.4 Å². The van der Waals surface area contributed by atoms with Crippen LogP contribution in [-0.4, -0.2) is 32.0 Å². The molecule has 0 aliphatic heterocycles. The van der Waals surface area contributed by atoms with E-state index in [4.69, 9.17) is 10.2 Å². The van der Waals surface area contributed by atoms with Crippen LogP contribution in [0.1, 0.15) is 20.7 Å². The van der Waals surface area contributed by atoms with Crippen LogP contribution >= 0.6 is 0 Å². The first kappa shape index (κ1) is 15.1. The zero-order valence-corrected chi connectivity index (χ0v) is 11.2. The van der Waals surface area contributed by atoms with E-state index < -0.39 is 23.1 Å². The van der Waals surface area contributed by atoms with E-state index in [1.807, 2.05) is 0 Å². The number of allylic oxidation sites excluding steroid dienone is 2. The Labute approximate surface area is 125 Å². The highest BCUT2D eigenvalue weighted by molar-refractivity contribution is 6.13. The Morgan fingerprint density at radius 3 is 1.36 bits per heavy atom. The monoisotopic (exact) mass is 300 g/mol. The number of rotatable bonds is 4. The highest BCUT2D eigenvalue weighted by Gasteiger charge is 2.12. The predicted octanol–water partition coefficient (Wildman–Crippen LogP) is 2.13. The van der Waals surface area contributed by atoms with Crippen LogP contribution in [0.25, 0.3) is 0 Å². The Balaban J connectivity index is 2.20. The molecule has 0 fully saturated rings. The van der Waals surface area contributed by atoms with E-state index in [-0.39, 0.29) is 22.6 Å². The van der Waals surface area contributed by atoms with Crippen LogP contribution in [0.4, 0.5) is 0 Å². The SMILES string of the molecule is O=C(/C=C/C(=O)c1ccc(O)cc1O)c1ccc(O)cc1O. The molecule has 0 radical (unpaired) electrons. The minimum absolute atomic E-state index is 0.0724. The largest absolute Gasteiger partial charge is 0.508 e. The van der Waals surface area contributed by atoms with Gasteiger partial charge in [0.2, 0.25) is 0 Å². The fraction of sp³-hybridized carbons (Fsp3) is 0. The molecular formula is C16H12O6. The van der Waals surface area contributed by atoms with E-state index in [9.17, 15) is 19.8 Å². The van der Waals surface area contributed by atoms with Crippen molar-refractivity contribution in [3.63, 3.8) is 0 Å². The first-order valence-corrected chi connectivity index (χ1v) is 6.19. The quantitative estimate of drug-likeness (QED) is 0.508. The third kappa shape index (κ3) is 3.24. The predicted molar refractivity (Wildman–Crippen MR) is 77.3 cm³/mol. The molecule has 0 unspecified atom stereocenters. The lowest BCUT2D eigenvalue weighted by Gasteiger charge is -2.02. The average molecular weight is 300 g/mol. The summed E-state index contributed by atoms with van der Waals surface area (Å²) in [6.45, 7) is 0. The number of benzene rings is 2. The van der Waals surface area contributed by atoms with Gasteiger partial charge in [0.15, 0.2) is 11.6 Å². The van der Waals surface area contributed by atoms with Crippen molar-refractivity contribution in [2.75, 3.05) is 0 Å². The Morgan fingerprint density at radius 1 is 0.682 bits per heavy atom. The van der Waals surface area contributed by atoms with Crippen molar-refractivity contribution >= 4 is 11.6 Å². The van der Waals surface area contributed by atoms with Gasteiger partial charge in [-0.1, -0.05) is 0 Å². The lowest BCUT2D eigenvalue weighted by molar-refractivity contribution is 0.101. The number of hydrogen-bond acceptors (Lipinski definition) is 6. The molecule has 0 aliphatic rings. The zero-order valence-electron chi connectivity index (χ0n) is 11.2. The lowest BCUT2D eigenvalue weighted by atomic mass is 10.1. The summed E-state index contributed by atoms with van der Waals surface area (Å²) in [6.07, 6.45) is 1.89. The molecule has 0 spiro atoms. The molecule has 0 amide bonds. The summed E-state index contributed by atoms with van der Waals surface area (Å²) < 4.78 is 0. The molecule has 0 heterocycles. The van der Waals surface area contributed by atoms with E-state index in [2.05, 4.69) is 0 Å². The summed E-state index contributed by atoms with van der Waals surface area (Å²) in [5.41, 5.74) is -0.145. The van der Waals surface area contributed by atoms with Gasteiger partial charge in [0.1, 0.15) is 23.0 Å². The molecule has 2 rings (SSSR count). The van der Waals surface area contributed by atoms with E-state index in [0.29, 0.717) is 0 Å². The highest BCUT2D eigenvalue weighted by atomic mass is 16.3. The third-order valence-corrected chi connectivity index (χ3v) is 2.88. The van der Waals surface area contributed by atoms with Gasteiger partial charge in [-0.25, -0.2) is 0 Å². The van der Waals surface area contributed by atoms with Crippen molar-refractivity contribution in [1.29, 1.82) is 0 Å². The summed E-state index contributed by atoms with van der Waals surface area (Å²) in [4.78, 5) is 23.7. The topological polar surface area (TPSA) is 115 Å². The maximum absolute atomic E-state index is 11.9. The molecule has 6 heteroatoms. The molecule has 0 aliphatic carbocycles. The lowest BCUT2D eigenvalue weighted by Crippen LogP contribution is -1.99. The summed E-state index contributed by atoms with van der Waals surface area (Å²) in [7, 11) is 0. The van der Waals surface area contributed by atoms with E-state index in [1.165, 1.54) is 24.3 Å². The van der Waals surface area contributed by atoms with E-state index >= 15 is 0 Å². The van der Waals surface area contributed by atoms with Gasteiger partial charge >= 0.3 is 0 Å². The Morgan fingerprint density at radius 2 is 1.05 bits per heavy atom. The fourth-order valence-corrected chi connectivity index (χ4v) is 1.79. The second-order valence-electron chi connectivity index (χ2n) is 4.46. The number of phenols is 4. The Kier molecular flexibility index (Phi) is 4.13. The highest BCUT2D eigenvalue weighted by Crippen LogP contribution is 2.24. The number of aromatic hydroxyl groups is 4. The maximum Gasteiger partial charge on any atom is 0.189 e. The van der Waals surface area contributed by atoms with Crippen LogP contribution in [0.5, 0.6) is 23.0 Å². The van der Waals surface area contributed by atoms with Crippen molar-refractivity contribution < 1.29 is 30.0 Å². The summed E-state index contributed by atoms with van der Waals surface area (Å²) in [6, 6.07) is 6.92. The van der Waals surface area contributed by atoms with Crippen LogP contribution < -0.4 is 0 Å². The van der Waals surface area contributed by atoms with Crippen LogP contribution in [0.15, 0.2) is 48.6 Å². The number of hydrogen-bond donors (Lipinski definition) is 4. The van der Waals surface area contributed by atoms with Crippen LogP contribution in [-0.2, 0) is 0 Å². The molecule has 0 bridgehead atoms. The van der Waals surface area contributed by atoms with Gasteiger partial charge in [-0.15, -0.1) is 0 Å². The summed E-state index contributed by atoms with van der Waals surface area (Å²) in [5.74, 6) is -2.47. The molecule has 0 atom stereocenters. The van der Waals surface area contributed by atoms with Crippen molar-refractivity contribution in [2.24, 2.45) is 0 Å². The van der Waals surface area contributed by atoms with Gasteiger partial charge in [0.05, 0.1) is 11.1 Å². The normalized spacial score (nSPS) is 10.7. The Hall–Kier alpha value is -3.28. The molecular weight excluding hydrogens is 288 g/mol. The molecule has 6 nitrogen and oxygen atoms in total. The molecule has 0 aromatic heterocycles. The van der Waals surface area contributed by atoms with Gasteiger partial charge in [-0.05, 0) is 36.4 Å². The first-order chi connectivity index (χ1) is 10.4. The molecule has 112 valence electrons. The van der Waals surface area contributed by atoms with Crippen LogP contribution in [0, 0.1) is 0 Å². The number of carbonyl (C=O) groups excluding carboxylic acids is 2. The smallest absolute Gasteiger partial charge is 0.189 e. The summed E-state index contributed by atoms with van der Waals surface area (Å²) in [5, 5.41) is 37.4. The standard InChI is InChI=1S/C16H12O6/c17-9-1-3-11(15(21)7-9)13(19)5-6-14(20)12-4-2-10(18)8-16(12)22/h1-8,17-18,21-22H/b6-5+. The average Bonchev–Trinajstić information content (AvgIpc) is 2.44. The van der Waals surface area contributed by atoms with Gasteiger partial charge in [-0.3, -0.25) is 9.59 Å². The number of carbonyl (C=O) groups is 2. The van der Waals surface area contributed by atoms with E-state index in [1.54, 1.807) is 0 Å². The Bertz CT molecular complexity index is 711. The van der Waals surface area contributed by atoms with Crippen molar-refractivity contribution in [2.45, 2.75) is 0 Å². The maximum atomic E-state index is 11.9. The van der Waals surface area contributed by atoms with Gasteiger partial charge in [0, 0.05) is 12.1 Å². The number of phenolic OH excluding ortho intramolecular Hbond substituents is 4. The second kappa shape index (κ2) is 6.01. The summed E-state index contributed by atoms with van der Waals surface area (Å²) >= 11 is 0. The van der Waals surface area contributed by atoms with Crippen molar-refractivity contribution in [1.82, 2.24) is 0 Å². The number of ketones is 2. The minimum Gasteiger partial charge on any atom is -0.508 e. The minimum atomic E-state index is -0.635. The van der Waals surface area contributed by atoms with Crippen LogP contribution in [0.2, 0.25) is 0 Å². The molecule has 0 saturated heterocycles. The first-order valence-electron chi connectivity index (χ1n) is 6.19. The third-order valence-electron chi connectivity index (χ3n) is 2.88. The molecule has 2 aromatic carbocycles. The van der Waals surface area contributed by atoms with Crippen molar-refractivity contribution in [3.05, 3.63) is 59.7 Å². The van der Waals surface area contributed by atoms with Crippen LogP contribution in [0.3, 0.4) is 0 Å². The zero-order chi connectivity index (χ0) is 16.3. The second-order valence-corrected chi connectivity index (χ2v) is 4.46. The molecule has 2 aromatic rings. The molecule has 0 saturated carbocycles. The molecule has 22 heavy (non-hydrogen) atoms. The van der Waals surface area contributed by atoms with E-state index in [0.717, 1.165) is 24.3 Å². The van der Waals surface area contributed by atoms with Gasteiger partial charge in [0.25, 0.3) is 0 Å². The fourth-order valence-electron chi connectivity index (χ4n) is 1.79.